The molecule has 0 spiro atoms. The average molecular weight is 372 g/mol. The van der Waals surface area contributed by atoms with Gasteiger partial charge >= 0.3 is 0 Å². The van der Waals surface area contributed by atoms with Crippen LogP contribution in [0.3, 0.4) is 0 Å². The van der Waals surface area contributed by atoms with Crippen LogP contribution in [-0.2, 0) is 12.2 Å². The zero-order valence-corrected chi connectivity index (χ0v) is 13.6. The van der Waals surface area contributed by atoms with Gasteiger partial charge in [-0.05, 0) is 57.9 Å². The smallest absolute Gasteiger partial charge is 0.265 e. The summed E-state index contributed by atoms with van der Waals surface area (Å²) in [5.74, 6) is 1.54. The Balaban J connectivity index is 1.82. The molecule has 0 saturated heterocycles. The molecule has 0 radical (unpaired) electrons. The number of thiophene rings is 1. The summed E-state index contributed by atoms with van der Waals surface area (Å²) in [6.45, 7) is 0. The number of anilines is 1. The fourth-order valence-corrected chi connectivity index (χ4v) is 4.65. The molecule has 1 aliphatic heterocycles. The first-order valence-electron chi connectivity index (χ1n) is 6.09. The third kappa shape index (κ3) is 2.92. The van der Waals surface area contributed by atoms with E-state index in [2.05, 4.69) is 21.2 Å². The molecule has 2 heterocycles. The predicted octanol–water partition coefficient (Wildman–Crippen LogP) is 4.69. The quantitative estimate of drug-likeness (QED) is 0.829. The van der Waals surface area contributed by atoms with Crippen LogP contribution in [0.4, 0.5) is 10.1 Å². The number of hydrogen-bond donors (Lipinski definition) is 1. The number of carbonyl (C=O) groups is 1. The van der Waals surface area contributed by atoms with E-state index in [1.807, 2.05) is 17.8 Å². The number of aryl methyl sites for hydroxylation is 1. The van der Waals surface area contributed by atoms with Crippen molar-refractivity contribution >= 4 is 50.6 Å². The minimum absolute atomic E-state index is 0.180. The van der Waals surface area contributed by atoms with Crippen molar-refractivity contribution in [3.8, 4) is 0 Å². The average Bonchev–Trinajstić information content (AvgIpc) is 2.87. The maximum Gasteiger partial charge on any atom is 0.265 e. The molecule has 1 amide bonds. The number of carbonyl (C=O) groups excluding carboxylic acids is 1. The van der Waals surface area contributed by atoms with Gasteiger partial charge in [-0.3, -0.25) is 4.79 Å². The van der Waals surface area contributed by atoms with E-state index in [1.165, 1.54) is 33.9 Å². The van der Waals surface area contributed by atoms with Gasteiger partial charge in [0, 0.05) is 15.1 Å². The van der Waals surface area contributed by atoms with Gasteiger partial charge in [0.25, 0.3) is 5.91 Å². The van der Waals surface area contributed by atoms with E-state index in [-0.39, 0.29) is 11.7 Å². The van der Waals surface area contributed by atoms with Gasteiger partial charge in [0.05, 0.1) is 10.6 Å². The molecular weight excluding hydrogens is 361 g/mol. The fraction of sp³-hybridized carbons (Fsp3) is 0.214. The first-order chi connectivity index (χ1) is 9.63. The minimum atomic E-state index is -0.370. The van der Waals surface area contributed by atoms with Crippen molar-refractivity contribution in [3.05, 3.63) is 49.9 Å². The van der Waals surface area contributed by atoms with Crippen molar-refractivity contribution in [3.63, 3.8) is 0 Å². The lowest BCUT2D eigenvalue weighted by molar-refractivity contribution is 0.103. The lowest BCUT2D eigenvalue weighted by Gasteiger charge is -2.08. The highest BCUT2D eigenvalue weighted by atomic mass is 79.9. The van der Waals surface area contributed by atoms with Crippen LogP contribution in [0.1, 0.15) is 20.1 Å². The first kappa shape index (κ1) is 14.1. The Kier molecular flexibility index (Phi) is 4.14. The predicted molar refractivity (Wildman–Crippen MR) is 86.2 cm³/mol. The number of amides is 1. The Bertz CT molecular complexity index is 648. The number of hydrogen-bond acceptors (Lipinski definition) is 3. The molecule has 1 aliphatic rings. The van der Waals surface area contributed by atoms with E-state index >= 15 is 0 Å². The van der Waals surface area contributed by atoms with E-state index in [0.717, 1.165) is 17.9 Å². The summed E-state index contributed by atoms with van der Waals surface area (Å²) in [5.41, 5.74) is 1.71. The first-order valence-corrected chi connectivity index (χ1v) is 8.85. The Labute approximate surface area is 132 Å². The molecule has 2 aromatic rings. The van der Waals surface area contributed by atoms with Gasteiger partial charge in [-0.25, -0.2) is 4.39 Å². The molecule has 1 N–H and O–H groups in total. The van der Waals surface area contributed by atoms with Crippen molar-refractivity contribution < 1.29 is 9.18 Å². The van der Waals surface area contributed by atoms with Crippen LogP contribution in [0.25, 0.3) is 0 Å². The Morgan fingerprint density at radius 2 is 2.20 bits per heavy atom. The molecule has 0 saturated carbocycles. The molecule has 0 unspecified atom stereocenters. The third-order valence-corrected chi connectivity index (χ3v) is 5.96. The van der Waals surface area contributed by atoms with Crippen molar-refractivity contribution in [2.24, 2.45) is 0 Å². The van der Waals surface area contributed by atoms with Gasteiger partial charge in [0.15, 0.2) is 0 Å². The summed E-state index contributed by atoms with van der Waals surface area (Å²) in [4.78, 5) is 14.2. The maximum absolute atomic E-state index is 13.2. The Hall–Kier alpha value is -0.850. The molecule has 1 aromatic heterocycles. The van der Waals surface area contributed by atoms with Gasteiger partial charge < -0.3 is 5.32 Å². The van der Waals surface area contributed by atoms with Crippen LogP contribution in [0.15, 0.2) is 28.7 Å². The number of benzene rings is 1. The molecule has 3 rings (SSSR count). The molecular formula is C14H11BrFNOS2. The number of halogens is 2. The van der Waals surface area contributed by atoms with Crippen molar-refractivity contribution in [2.75, 3.05) is 11.1 Å². The lowest BCUT2D eigenvalue weighted by atomic mass is 10.2. The normalized spacial score (nSPS) is 13.9. The standard InChI is InChI=1S/C14H11BrFNOS2/c15-10-2-1-9(16)6-11(10)17-14(18)13-5-8-7-19-4-3-12(8)20-13/h1-2,5-6H,3-4,7H2,(H,17,18). The van der Waals surface area contributed by atoms with Crippen LogP contribution in [0, 0.1) is 5.82 Å². The van der Waals surface area contributed by atoms with E-state index < -0.39 is 0 Å². The summed E-state index contributed by atoms with van der Waals surface area (Å²) < 4.78 is 13.9. The van der Waals surface area contributed by atoms with Crippen LogP contribution in [-0.4, -0.2) is 11.7 Å². The SMILES string of the molecule is O=C(Nc1cc(F)ccc1Br)c1cc2c(s1)CCSC2. The van der Waals surface area contributed by atoms with E-state index in [0.29, 0.717) is 15.0 Å². The highest BCUT2D eigenvalue weighted by molar-refractivity contribution is 9.10. The van der Waals surface area contributed by atoms with Crippen molar-refractivity contribution in [1.29, 1.82) is 0 Å². The second-order valence-electron chi connectivity index (χ2n) is 4.44. The van der Waals surface area contributed by atoms with E-state index in [1.54, 1.807) is 6.07 Å². The number of rotatable bonds is 2. The summed E-state index contributed by atoms with van der Waals surface area (Å²) in [6, 6.07) is 6.20. The highest BCUT2D eigenvalue weighted by Gasteiger charge is 2.18. The monoisotopic (exact) mass is 371 g/mol. The second-order valence-corrected chi connectivity index (χ2v) is 7.54. The molecule has 6 heteroatoms. The molecule has 0 aliphatic carbocycles. The summed E-state index contributed by atoms with van der Waals surface area (Å²) in [5, 5.41) is 2.75. The lowest BCUT2D eigenvalue weighted by Crippen LogP contribution is -2.10. The summed E-state index contributed by atoms with van der Waals surface area (Å²) >= 11 is 6.73. The van der Waals surface area contributed by atoms with Gasteiger partial charge in [0.2, 0.25) is 0 Å². The van der Waals surface area contributed by atoms with Crippen LogP contribution >= 0.6 is 39.0 Å². The van der Waals surface area contributed by atoms with Crippen LogP contribution < -0.4 is 5.32 Å². The Morgan fingerprint density at radius 1 is 1.35 bits per heavy atom. The minimum Gasteiger partial charge on any atom is -0.320 e. The maximum atomic E-state index is 13.2. The molecule has 20 heavy (non-hydrogen) atoms. The van der Waals surface area contributed by atoms with Crippen molar-refractivity contribution in [1.82, 2.24) is 0 Å². The van der Waals surface area contributed by atoms with Crippen molar-refractivity contribution in [2.45, 2.75) is 12.2 Å². The summed E-state index contributed by atoms with van der Waals surface area (Å²) in [6.07, 6.45) is 1.03. The largest absolute Gasteiger partial charge is 0.320 e. The molecule has 0 atom stereocenters. The number of thioether (sulfide) groups is 1. The molecule has 0 bridgehead atoms. The molecule has 0 fully saturated rings. The molecule has 104 valence electrons. The van der Waals surface area contributed by atoms with E-state index in [9.17, 15) is 9.18 Å². The van der Waals surface area contributed by atoms with Gasteiger partial charge in [-0.15, -0.1) is 11.3 Å². The van der Waals surface area contributed by atoms with Gasteiger partial charge in [0.1, 0.15) is 5.82 Å². The topological polar surface area (TPSA) is 29.1 Å². The molecule has 2 nitrogen and oxygen atoms in total. The third-order valence-electron chi connectivity index (χ3n) is 3.03. The van der Waals surface area contributed by atoms with E-state index in [4.69, 9.17) is 0 Å². The highest BCUT2D eigenvalue weighted by Crippen LogP contribution is 2.32. The molecule has 1 aromatic carbocycles. The van der Waals surface area contributed by atoms with Crippen LogP contribution in [0.5, 0.6) is 0 Å². The Morgan fingerprint density at radius 3 is 3.00 bits per heavy atom. The zero-order valence-electron chi connectivity index (χ0n) is 10.4. The van der Waals surface area contributed by atoms with Crippen LogP contribution in [0.2, 0.25) is 0 Å². The van der Waals surface area contributed by atoms with Gasteiger partial charge in [-0.2, -0.15) is 11.8 Å². The fourth-order valence-electron chi connectivity index (χ4n) is 2.04. The zero-order chi connectivity index (χ0) is 14.1. The second kappa shape index (κ2) is 5.87. The number of nitrogens with one attached hydrogen (secondary N) is 1. The number of fused-ring (bicyclic) bond motifs is 1. The summed E-state index contributed by atoms with van der Waals surface area (Å²) in [7, 11) is 0. The van der Waals surface area contributed by atoms with Gasteiger partial charge in [-0.1, -0.05) is 0 Å².